The van der Waals surface area contributed by atoms with E-state index in [0.29, 0.717) is 19.6 Å². The number of ether oxygens (including phenoxy) is 1. The molecule has 23 heavy (non-hydrogen) atoms. The molecule has 2 amide bonds. The van der Waals surface area contributed by atoms with E-state index < -0.39 is 11.5 Å². The van der Waals surface area contributed by atoms with Crippen molar-refractivity contribution in [1.82, 2.24) is 10.2 Å². The molecule has 1 aliphatic carbocycles. The number of nitrogens with zero attached hydrogens (tertiary/aromatic N) is 1. The number of likely N-dealkylation sites (tertiary alicyclic amines) is 1. The summed E-state index contributed by atoms with van der Waals surface area (Å²) >= 11 is 0. The fourth-order valence-electron chi connectivity index (χ4n) is 4.02. The summed E-state index contributed by atoms with van der Waals surface area (Å²) in [5, 5.41) is 11.9. The molecule has 2 atom stereocenters. The summed E-state index contributed by atoms with van der Waals surface area (Å²) in [4.78, 5) is 37.7. The average molecular weight is 324 g/mol. The van der Waals surface area contributed by atoms with E-state index in [1.54, 1.807) is 0 Å². The normalized spacial score (nSPS) is 31.7. The number of amides is 2. The van der Waals surface area contributed by atoms with E-state index in [1.807, 2.05) is 4.90 Å². The third-order valence-electron chi connectivity index (χ3n) is 5.28. The number of nitrogens with one attached hydrogen (secondary N) is 1. The molecule has 2 heterocycles. The Bertz CT molecular complexity index is 495. The van der Waals surface area contributed by atoms with Crippen molar-refractivity contribution in [2.24, 2.45) is 5.92 Å². The second-order valence-corrected chi connectivity index (χ2v) is 7.03. The molecule has 2 saturated heterocycles. The zero-order valence-electron chi connectivity index (χ0n) is 13.3. The molecular weight excluding hydrogens is 300 g/mol. The van der Waals surface area contributed by atoms with Crippen LogP contribution in [0.2, 0.25) is 0 Å². The van der Waals surface area contributed by atoms with Gasteiger partial charge in [0.15, 0.2) is 0 Å². The molecule has 0 aromatic carbocycles. The lowest BCUT2D eigenvalue weighted by Crippen LogP contribution is -2.52. The van der Waals surface area contributed by atoms with E-state index in [1.165, 1.54) is 0 Å². The van der Waals surface area contributed by atoms with Gasteiger partial charge in [0.1, 0.15) is 0 Å². The monoisotopic (exact) mass is 324 g/mol. The van der Waals surface area contributed by atoms with E-state index in [2.05, 4.69) is 5.32 Å². The molecule has 2 N–H and O–H groups in total. The first kappa shape index (κ1) is 16.2. The Hall–Kier alpha value is -1.63. The van der Waals surface area contributed by atoms with Gasteiger partial charge in [-0.25, -0.2) is 0 Å². The Morgan fingerprint density at radius 1 is 1.35 bits per heavy atom. The van der Waals surface area contributed by atoms with Crippen molar-refractivity contribution in [2.75, 3.05) is 19.8 Å². The molecule has 0 spiro atoms. The highest BCUT2D eigenvalue weighted by Gasteiger charge is 2.43. The topological polar surface area (TPSA) is 95.9 Å². The summed E-state index contributed by atoms with van der Waals surface area (Å²) in [6.45, 7) is 1.13. The highest BCUT2D eigenvalue weighted by molar-refractivity contribution is 5.90. The lowest BCUT2D eigenvalue weighted by atomic mass is 9.93. The van der Waals surface area contributed by atoms with E-state index >= 15 is 0 Å². The van der Waals surface area contributed by atoms with Crippen molar-refractivity contribution in [3.63, 3.8) is 0 Å². The number of hydrogen-bond acceptors (Lipinski definition) is 4. The first-order valence-corrected chi connectivity index (χ1v) is 8.40. The number of hydrogen-bond donors (Lipinski definition) is 2. The van der Waals surface area contributed by atoms with Crippen LogP contribution in [0.4, 0.5) is 0 Å². The molecule has 2 aliphatic heterocycles. The van der Waals surface area contributed by atoms with Crippen LogP contribution in [-0.2, 0) is 19.1 Å². The third-order valence-corrected chi connectivity index (χ3v) is 5.28. The van der Waals surface area contributed by atoms with Crippen LogP contribution in [0.25, 0.3) is 0 Å². The predicted molar refractivity (Wildman–Crippen MR) is 80.6 cm³/mol. The van der Waals surface area contributed by atoms with Crippen LogP contribution in [0.3, 0.4) is 0 Å². The van der Waals surface area contributed by atoms with Gasteiger partial charge in [-0.2, -0.15) is 0 Å². The predicted octanol–water partition coefficient (Wildman–Crippen LogP) is 0.527. The average Bonchev–Trinajstić information content (AvgIpc) is 3.18. The third kappa shape index (κ3) is 3.49. The van der Waals surface area contributed by atoms with Gasteiger partial charge in [0.05, 0.1) is 24.5 Å². The molecule has 128 valence electrons. The lowest BCUT2D eigenvalue weighted by molar-refractivity contribution is -0.139. The number of carboxylic acid groups (broad SMARTS) is 1. The van der Waals surface area contributed by atoms with E-state index in [4.69, 9.17) is 9.84 Å². The summed E-state index contributed by atoms with van der Waals surface area (Å²) in [5.74, 6) is -1.50. The molecule has 3 fully saturated rings. The van der Waals surface area contributed by atoms with Gasteiger partial charge in [0.25, 0.3) is 0 Å². The van der Waals surface area contributed by atoms with Crippen molar-refractivity contribution in [3.05, 3.63) is 0 Å². The van der Waals surface area contributed by atoms with Crippen LogP contribution in [0.5, 0.6) is 0 Å². The maximum Gasteiger partial charge on any atom is 0.305 e. The van der Waals surface area contributed by atoms with E-state index in [0.717, 1.165) is 25.7 Å². The second-order valence-electron chi connectivity index (χ2n) is 7.03. The number of carbonyl (C=O) groups is 3. The highest BCUT2D eigenvalue weighted by Crippen LogP contribution is 2.30. The van der Waals surface area contributed by atoms with Crippen molar-refractivity contribution < 1.29 is 24.2 Å². The van der Waals surface area contributed by atoms with Crippen molar-refractivity contribution in [2.45, 2.75) is 56.5 Å². The number of rotatable bonds is 5. The van der Waals surface area contributed by atoms with E-state index in [9.17, 15) is 14.4 Å². The fourth-order valence-corrected chi connectivity index (χ4v) is 4.02. The Labute approximate surface area is 135 Å². The quantitative estimate of drug-likeness (QED) is 0.769. The SMILES string of the molecule is O=C(O)CC1(NC(=O)C2CC(=O)N(C3CCCC3)C2)CCOC1. The molecule has 7 heteroatoms. The molecule has 7 nitrogen and oxygen atoms in total. The molecule has 3 aliphatic rings. The maximum absolute atomic E-state index is 12.6. The second kappa shape index (κ2) is 6.47. The molecule has 0 aromatic heterocycles. The lowest BCUT2D eigenvalue weighted by Gasteiger charge is -2.29. The van der Waals surface area contributed by atoms with Crippen LogP contribution < -0.4 is 5.32 Å². The minimum Gasteiger partial charge on any atom is -0.481 e. The van der Waals surface area contributed by atoms with Gasteiger partial charge in [-0.3, -0.25) is 14.4 Å². The van der Waals surface area contributed by atoms with Gasteiger partial charge in [0.2, 0.25) is 11.8 Å². The number of carbonyl (C=O) groups excluding carboxylic acids is 2. The van der Waals surface area contributed by atoms with Crippen molar-refractivity contribution in [1.29, 1.82) is 0 Å². The zero-order valence-corrected chi connectivity index (χ0v) is 13.3. The Balaban J connectivity index is 1.61. The molecule has 0 bridgehead atoms. The molecule has 0 aromatic rings. The summed E-state index contributed by atoms with van der Waals surface area (Å²) in [6, 6.07) is 0.281. The van der Waals surface area contributed by atoms with Crippen LogP contribution in [-0.4, -0.2) is 59.1 Å². The first-order chi connectivity index (χ1) is 11.0. The van der Waals surface area contributed by atoms with Gasteiger partial charge in [-0.1, -0.05) is 12.8 Å². The largest absolute Gasteiger partial charge is 0.481 e. The van der Waals surface area contributed by atoms with Gasteiger partial charge in [-0.15, -0.1) is 0 Å². The Morgan fingerprint density at radius 3 is 2.70 bits per heavy atom. The van der Waals surface area contributed by atoms with Gasteiger partial charge < -0.3 is 20.1 Å². The molecule has 1 saturated carbocycles. The standard InChI is InChI=1S/C16H24N2O5/c19-13-7-11(9-18(13)12-3-1-2-4-12)15(22)17-16(8-14(20)21)5-6-23-10-16/h11-12H,1-10H2,(H,17,22)(H,20,21). The summed E-state index contributed by atoms with van der Waals surface area (Å²) in [6.07, 6.45) is 4.92. The molecule has 3 rings (SSSR count). The van der Waals surface area contributed by atoms with Crippen LogP contribution >= 0.6 is 0 Å². The van der Waals surface area contributed by atoms with Crippen LogP contribution in [0.15, 0.2) is 0 Å². The minimum atomic E-state index is -0.953. The molecular formula is C16H24N2O5. The zero-order chi connectivity index (χ0) is 16.4. The van der Waals surface area contributed by atoms with Crippen LogP contribution in [0.1, 0.15) is 44.9 Å². The van der Waals surface area contributed by atoms with Gasteiger partial charge >= 0.3 is 5.97 Å². The van der Waals surface area contributed by atoms with Crippen molar-refractivity contribution in [3.8, 4) is 0 Å². The van der Waals surface area contributed by atoms with Gasteiger partial charge in [0, 0.05) is 25.6 Å². The Morgan fingerprint density at radius 2 is 2.09 bits per heavy atom. The Kier molecular flexibility index (Phi) is 4.57. The molecule has 0 radical (unpaired) electrons. The smallest absolute Gasteiger partial charge is 0.305 e. The summed E-state index contributed by atoms with van der Waals surface area (Å²) in [5.41, 5.74) is -0.827. The van der Waals surface area contributed by atoms with Gasteiger partial charge in [-0.05, 0) is 19.3 Å². The van der Waals surface area contributed by atoms with Crippen molar-refractivity contribution >= 4 is 17.8 Å². The minimum absolute atomic E-state index is 0.0482. The fraction of sp³-hybridized carbons (Fsp3) is 0.812. The maximum atomic E-state index is 12.6. The number of aliphatic carboxylic acids is 1. The van der Waals surface area contributed by atoms with Crippen LogP contribution in [0, 0.1) is 5.92 Å². The summed E-state index contributed by atoms with van der Waals surface area (Å²) in [7, 11) is 0. The van der Waals surface area contributed by atoms with E-state index in [-0.39, 0.29) is 43.2 Å². The number of carboxylic acids is 1. The molecule has 2 unspecified atom stereocenters. The summed E-state index contributed by atoms with van der Waals surface area (Å²) < 4.78 is 5.29. The highest BCUT2D eigenvalue weighted by atomic mass is 16.5. The first-order valence-electron chi connectivity index (χ1n) is 8.40.